The van der Waals surface area contributed by atoms with Gasteiger partial charge in [-0.15, -0.1) is 47.0 Å². The molecule has 6 unspecified atom stereocenters. The van der Waals surface area contributed by atoms with Crippen LogP contribution in [0, 0.1) is 0 Å². The van der Waals surface area contributed by atoms with Crippen molar-refractivity contribution >= 4 is 106 Å². The molecule has 0 N–H and O–H groups in total. The zero-order valence-corrected chi connectivity index (χ0v) is 29.2. The molecule has 228 valence electrons. The number of ether oxygens (including phenoxy) is 4. The van der Waals surface area contributed by atoms with Crippen molar-refractivity contribution in [3.8, 4) is 0 Å². The molecule has 3 heterocycles. The summed E-state index contributed by atoms with van der Waals surface area (Å²) in [6.45, 7) is 9.34. The first kappa shape index (κ1) is 35.6. The SMILES string of the molecule is C=CC(=O)OC(COCC1CSCS1)CSCC1CSC(CSCC(COCC2CSCS2)OC(=O)C=C)CS1. The van der Waals surface area contributed by atoms with Gasteiger partial charge in [0.15, 0.2) is 0 Å². The predicted octanol–water partition coefficient (Wildman–Crippen LogP) is 5.51. The Morgan fingerprint density at radius 3 is 1.50 bits per heavy atom. The lowest BCUT2D eigenvalue weighted by Crippen LogP contribution is -2.29. The van der Waals surface area contributed by atoms with Gasteiger partial charge in [-0.2, -0.15) is 47.0 Å². The van der Waals surface area contributed by atoms with Crippen molar-refractivity contribution < 1.29 is 28.5 Å². The largest absolute Gasteiger partial charge is 0.456 e. The van der Waals surface area contributed by atoms with Crippen LogP contribution in [0.15, 0.2) is 25.3 Å². The van der Waals surface area contributed by atoms with Crippen LogP contribution in [0.3, 0.4) is 0 Å². The molecule has 3 saturated heterocycles. The van der Waals surface area contributed by atoms with Gasteiger partial charge in [-0.1, -0.05) is 13.2 Å². The topological polar surface area (TPSA) is 71.1 Å². The number of esters is 2. The molecule has 40 heavy (non-hydrogen) atoms. The maximum atomic E-state index is 11.8. The van der Waals surface area contributed by atoms with E-state index >= 15 is 0 Å². The molecule has 3 rings (SSSR count). The van der Waals surface area contributed by atoms with Crippen LogP contribution in [0.4, 0.5) is 0 Å². The second-order valence-electron chi connectivity index (χ2n) is 9.14. The van der Waals surface area contributed by atoms with Crippen molar-refractivity contribution in [2.24, 2.45) is 0 Å². The van der Waals surface area contributed by atoms with Gasteiger partial charge in [-0.05, 0) is 0 Å². The lowest BCUT2D eigenvalue weighted by Gasteiger charge is -2.28. The lowest BCUT2D eigenvalue weighted by molar-refractivity contribution is -0.145. The van der Waals surface area contributed by atoms with E-state index in [0.717, 1.165) is 56.2 Å². The van der Waals surface area contributed by atoms with Gasteiger partial charge in [0.2, 0.25) is 0 Å². The van der Waals surface area contributed by atoms with Crippen LogP contribution >= 0.6 is 94.1 Å². The first-order chi connectivity index (χ1) is 19.6. The summed E-state index contributed by atoms with van der Waals surface area (Å²) in [5, 5.41) is 4.51. The second-order valence-corrected chi connectivity index (χ2v) is 19.3. The van der Waals surface area contributed by atoms with Gasteiger partial charge < -0.3 is 18.9 Å². The van der Waals surface area contributed by atoms with Crippen LogP contribution in [0.2, 0.25) is 0 Å². The zero-order chi connectivity index (χ0) is 28.4. The molecular formula is C26H40O6S8. The van der Waals surface area contributed by atoms with Gasteiger partial charge in [0.1, 0.15) is 12.2 Å². The summed E-state index contributed by atoms with van der Waals surface area (Å²) in [6, 6.07) is 0. The predicted molar refractivity (Wildman–Crippen MR) is 186 cm³/mol. The fraction of sp³-hybridized carbons (Fsp3) is 0.769. The highest BCUT2D eigenvalue weighted by Crippen LogP contribution is 2.34. The number of hydrogen-bond donors (Lipinski definition) is 0. The summed E-state index contributed by atoms with van der Waals surface area (Å²) in [5.41, 5.74) is 0. The molecule has 0 spiro atoms. The first-order valence-corrected chi connectivity index (χ1v) is 22.0. The number of thioether (sulfide) groups is 8. The first-order valence-electron chi connectivity index (χ1n) is 13.1. The molecule has 6 atom stereocenters. The third-order valence-corrected chi connectivity index (χ3v) is 17.5. The fourth-order valence-electron chi connectivity index (χ4n) is 3.69. The molecule has 3 aliphatic rings. The summed E-state index contributed by atoms with van der Waals surface area (Å²) < 4.78 is 22.9. The smallest absolute Gasteiger partial charge is 0.330 e. The normalized spacial score (nSPS) is 26.2. The minimum atomic E-state index is -0.386. The molecule has 0 saturated carbocycles. The van der Waals surface area contributed by atoms with Gasteiger partial charge in [-0.3, -0.25) is 0 Å². The molecule has 0 radical (unpaired) electrons. The van der Waals surface area contributed by atoms with Crippen molar-refractivity contribution in [2.45, 2.75) is 33.2 Å². The molecule has 3 aliphatic heterocycles. The van der Waals surface area contributed by atoms with Crippen molar-refractivity contribution in [1.82, 2.24) is 0 Å². The standard InChI is InChI=1S/C26H40O6S8/c1-3-25(27)31-19(5-29-7-21-11-35-17-39-21)9-33-13-23-15-38-24(16-37-23)14-34-10-20(32-26(28)4-2)6-30-8-22-12-36-18-40-22/h3-4,19-24H,1-2,5-18H2. The highest BCUT2D eigenvalue weighted by molar-refractivity contribution is 8.19. The quantitative estimate of drug-likeness (QED) is 0.118. The molecule has 0 aromatic carbocycles. The lowest BCUT2D eigenvalue weighted by atomic mass is 10.4. The number of rotatable bonds is 20. The molecular weight excluding hydrogens is 665 g/mol. The van der Waals surface area contributed by atoms with E-state index in [2.05, 4.69) is 13.2 Å². The molecule has 3 fully saturated rings. The summed E-state index contributed by atoms with van der Waals surface area (Å²) >= 11 is 15.5. The minimum absolute atomic E-state index is 0.247. The molecule has 0 aromatic heterocycles. The van der Waals surface area contributed by atoms with Crippen LogP contribution in [0.25, 0.3) is 0 Å². The van der Waals surface area contributed by atoms with Crippen molar-refractivity contribution in [3.05, 3.63) is 25.3 Å². The monoisotopic (exact) mass is 704 g/mol. The number of hydrogen-bond acceptors (Lipinski definition) is 14. The number of carbonyl (C=O) groups is 2. The molecule has 6 nitrogen and oxygen atoms in total. The van der Waals surface area contributed by atoms with Gasteiger partial charge >= 0.3 is 11.9 Å². The average Bonchev–Trinajstić information content (AvgIpc) is 3.68. The summed E-state index contributed by atoms with van der Waals surface area (Å²) in [6.07, 6.45) is 1.95. The summed E-state index contributed by atoms with van der Waals surface area (Å²) in [7, 11) is 0. The van der Waals surface area contributed by atoms with E-state index < -0.39 is 0 Å². The second kappa shape index (κ2) is 21.8. The van der Waals surface area contributed by atoms with Crippen molar-refractivity contribution in [1.29, 1.82) is 0 Å². The van der Waals surface area contributed by atoms with Crippen LogP contribution < -0.4 is 0 Å². The van der Waals surface area contributed by atoms with Gasteiger partial charge in [0.05, 0.1) is 26.4 Å². The fourth-order valence-corrected chi connectivity index (χ4v) is 15.2. The van der Waals surface area contributed by atoms with E-state index in [1.165, 1.54) is 12.2 Å². The molecule has 0 aliphatic carbocycles. The Bertz CT molecular complexity index is 695. The molecule has 14 heteroatoms. The summed E-state index contributed by atoms with van der Waals surface area (Å²) in [5.74, 6) is 7.24. The maximum Gasteiger partial charge on any atom is 0.330 e. The molecule has 0 bridgehead atoms. The highest BCUT2D eigenvalue weighted by Gasteiger charge is 2.25. The number of carbonyl (C=O) groups excluding carboxylic acids is 2. The van der Waals surface area contributed by atoms with E-state index in [0.29, 0.717) is 47.4 Å². The Morgan fingerprint density at radius 1 is 0.700 bits per heavy atom. The Hall–Kier alpha value is 1.14. The van der Waals surface area contributed by atoms with Crippen LogP contribution in [0.5, 0.6) is 0 Å². The minimum Gasteiger partial charge on any atom is -0.456 e. The average molecular weight is 705 g/mol. The third kappa shape index (κ3) is 15.2. The molecule has 0 amide bonds. The van der Waals surface area contributed by atoms with Crippen molar-refractivity contribution in [3.63, 3.8) is 0 Å². The van der Waals surface area contributed by atoms with Crippen LogP contribution in [0.1, 0.15) is 0 Å². The van der Waals surface area contributed by atoms with E-state index in [1.54, 1.807) is 0 Å². The van der Waals surface area contributed by atoms with Crippen molar-refractivity contribution in [2.75, 3.05) is 82.6 Å². The van der Waals surface area contributed by atoms with E-state index in [9.17, 15) is 9.59 Å². The third-order valence-electron chi connectivity index (χ3n) is 5.75. The van der Waals surface area contributed by atoms with Crippen LogP contribution in [-0.4, -0.2) is 128 Å². The Balaban J connectivity index is 1.27. The van der Waals surface area contributed by atoms with E-state index in [4.69, 9.17) is 18.9 Å². The van der Waals surface area contributed by atoms with Crippen LogP contribution in [-0.2, 0) is 28.5 Å². The van der Waals surface area contributed by atoms with Gasteiger partial charge in [0, 0.05) is 89.3 Å². The van der Waals surface area contributed by atoms with Gasteiger partial charge in [0.25, 0.3) is 0 Å². The van der Waals surface area contributed by atoms with Gasteiger partial charge in [-0.25, -0.2) is 9.59 Å². The highest BCUT2D eigenvalue weighted by atomic mass is 32.2. The Labute approximate surface area is 273 Å². The van der Waals surface area contributed by atoms with E-state index in [1.807, 2.05) is 94.1 Å². The Kier molecular flexibility index (Phi) is 19.4. The maximum absolute atomic E-state index is 11.8. The Morgan fingerprint density at radius 2 is 1.15 bits per heavy atom. The molecule has 0 aromatic rings. The zero-order valence-electron chi connectivity index (χ0n) is 22.6. The van der Waals surface area contributed by atoms with E-state index in [-0.39, 0.29) is 24.1 Å². The summed E-state index contributed by atoms with van der Waals surface area (Å²) in [4.78, 5) is 23.6.